The molecule has 0 unspecified atom stereocenters. The molecule has 0 aliphatic heterocycles. The lowest BCUT2D eigenvalue weighted by Crippen LogP contribution is -2.12. The van der Waals surface area contributed by atoms with Crippen LogP contribution in [0.15, 0.2) is 30.3 Å². The van der Waals surface area contributed by atoms with Gasteiger partial charge in [-0.1, -0.05) is 39.0 Å². The van der Waals surface area contributed by atoms with Crippen molar-refractivity contribution < 1.29 is 9.31 Å². The van der Waals surface area contributed by atoms with E-state index in [1.54, 1.807) is 12.1 Å². The number of hydrogen-bond acceptors (Lipinski definition) is 2. The molecular weight excluding hydrogens is 233 g/mol. The van der Waals surface area contributed by atoms with E-state index in [9.17, 15) is 14.5 Å². The van der Waals surface area contributed by atoms with Crippen molar-refractivity contribution in [3.63, 3.8) is 0 Å². The Morgan fingerprint density at radius 2 is 1.89 bits per heavy atom. The molecule has 3 nitrogen and oxygen atoms in total. The summed E-state index contributed by atoms with van der Waals surface area (Å²) in [5.74, 6) is -0.583. The molecule has 0 saturated heterocycles. The Hall–Kier alpha value is -1.97. The van der Waals surface area contributed by atoms with E-state index in [0.29, 0.717) is 10.8 Å². The van der Waals surface area contributed by atoms with Crippen LogP contribution in [0.1, 0.15) is 26.3 Å². The maximum absolute atomic E-state index is 13.4. The molecule has 18 heavy (non-hydrogen) atoms. The first-order chi connectivity index (χ1) is 8.30. The molecule has 0 saturated carbocycles. The molecule has 2 aromatic rings. The van der Waals surface area contributed by atoms with Gasteiger partial charge in [0.15, 0.2) is 0 Å². The number of benzene rings is 2. The standard InChI is InChI=1S/C14H14FNO2/c1-14(2,3)11-6-4-5-9-7-10(15)8-12(13(9)11)16(17)18/h4-8H,1-3H3. The highest BCUT2D eigenvalue weighted by Crippen LogP contribution is 2.36. The molecule has 0 spiro atoms. The van der Waals surface area contributed by atoms with E-state index in [1.165, 1.54) is 6.07 Å². The van der Waals surface area contributed by atoms with Gasteiger partial charge >= 0.3 is 0 Å². The first-order valence-corrected chi connectivity index (χ1v) is 5.68. The molecule has 0 radical (unpaired) electrons. The van der Waals surface area contributed by atoms with E-state index in [-0.39, 0.29) is 11.1 Å². The van der Waals surface area contributed by atoms with Gasteiger partial charge in [0.2, 0.25) is 0 Å². The lowest BCUT2D eigenvalue weighted by Gasteiger charge is -2.21. The van der Waals surface area contributed by atoms with Gasteiger partial charge in [-0.15, -0.1) is 0 Å². The zero-order valence-corrected chi connectivity index (χ0v) is 10.5. The average Bonchev–Trinajstić information content (AvgIpc) is 2.25. The van der Waals surface area contributed by atoms with Gasteiger partial charge in [-0.2, -0.15) is 0 Å². The minimum absolute atomic E-state index is 0.171. The van der Waals surface area contributed by atoms with E-state index >= 15 is 0 Å². The van der Waals surface area contributed by atoms with E-state index in [4.69, 9.17) is 0 Å². The van der Waals surface area contributed by atoms with Crippen LogP contribution in [0.25, 0.3) is 10.8 Å². The van der Waals surface area contributed by atoms with E-state index in [0.717, 1.165) is 11.6 Å². The zero-order chi connectivity index (χ0) is 13.5. The predicted octanol–water partition coefficient (Wildman–Crippen LogP) is 4.18. The molecule has 0 aromatic heterocycles. The summed E-state index contributed by atoms with van der Waals surface area (Å²) in [5.41, 5.74) is 0.449. The molecule has 2 aromatic carbocycles. The van der Waals surface area contributed by atoms with Crippen LogP contribution in [0.4, 0.5) is 10.1 Å². The van der Waals surface area contributed by atoms with Crippen molar-refractivity contribution in [2.45, 2.75) is 26.2 Å². The molecule has 0 amide bonds. The van der Waals surface area contributed by atoms with Gasteiger partial charge in [0.25, 0.3) is 5.69 Å². The second-order valence-corrected chi connectivity index (χ2v) is 5.34. The quantitative estimate of drug-likeness (QED) is 0.560. The number of nitro groups is 1. The van der Waals surface area contributed by atoms with Crippen molar-refractivity contribution in [1.29, 1.82) is 0 Å². The van der Waals surface area contributed by atoms with E-state index in [2.05, 4.69) is 0 Å². The van der Waals surface area contributed by atoms with Crippen LogP contribution in [0.2, 0.25) is 0 Å². The van der Waals surface area contributed by atoms with Crippen molar-refractivity contribution in [2.24, 2.45) is 0 Å². The fourth-order valence-corrected chi connectivity index (χ4v) is 2.14. The summed E-state index contributed by atoms with van der Waals surface area (Å²) in [6.07, 6.45) is 0. The molecule has 0 aliphatic rings. The first-order valence-electron chi connectivity index (χ1n) is 5.68. The van der Waals surface area contributed by atoms with Crippen LogP contribution < -0.4 is 0 Å². The lowest BCUT2D eigenvalue weighted by molar-refractivity contribution is -0.383. The van der Waals surface area contributed by atoms with Crippen molar-refractivity contribution >= 4 is 16.5 Å². The minimum atomic E-state index is -0.583. The van der Waals surface area contributed by atoms with Crippen molar-refractivity contribution in [3.05, 3.63) is 51.8 Å². The van der Waals surface area contributed by atoms with Crippen LogP contribution in [0, 0.1) is 15.9 Å². The molecule has 0 fully saturated rings. The Bertz CT molecular complexity index is 629. The number of nitro benzene ring substituents is 1. The summed E-state index contributed by atoms with van der Waals surface area (Å²) in [7, 11) is 0. The SMILES string of the molecule is CC(C)(C)c1cccc2cc(F)cc([N+](=O)[O-])c12. The fourth-order valence-electron chi connectivity index (χ4n) is 2.14. The third-order valence-corrected chi connectivity index (χ3v) is 2.93. The number of non-ortho nitro benzene ring substituents is 1. The highest BCUT2D eigenvalue weighted by molar-refractivity contribution is 5.94. The summed E-state index contributed by atoms with van der Waals surface area (Å²) in [4.78, 5) is 10.6. The maximum Gasteiger partial charge on any atom is 0.280 e. The van der Waals surface area contributed by atoms with Gasteiger partial charge < -0.3 is 0 Å². The van der Waals surface area contributed by atoms with Crippen molar-refractivity contribution in [3.8, 4) is 0 Å². The number of rotatable bonds is 1. The maximum atomic E-state index is 13.4. The normalized spacial score (nSPS) is 11.8. The Morgan fingerprint density at radius 1 is 1.22 bits per heavy atom. The molecule has 2 rings (SSSR count). The smallest absolute Gasteiger partial charge is 0.258 e. The number of fused-ring (bicyclic) bond motifs is 1. The van der Waals surface area contributed by atoms with Gasteiger partial charge in [-0.05, 0) is 22.4 Å². The summed E-state index contributed by atoms with van der Waals surface area (Å²) in [6, 6.07) is 7.66. The van der Waals surface area contributed by atoms with Gasteiger partial charge in [-0.25, -0.2) is 4.39 Å². The van der Waals surface area contributed by atoms with Gasteiger partial charge in [0.05, 0.1) is 16.4 Å². The Balaban J connectivity index is 2.95. The third kappa shape index (κ3) is 2.06. The van der Waals surface area contributed by atoms with Crippen LogP contribution in [-0.2, 0) is 5.41 Å². The Labute approximate surface area is 104 Å². The molecule has 0 atom stereocenters. The first kappa shape index (κ1) is 12.5. The fraction of sp³-hybridized carbons (Fsp3) is 0.286. The second-order valence-electron chi connectivity index (χ2n) is 5.34. The highest BCUT2D eigenvalue weighted by atomic mass is 19.1. The highest BCUT2D eigenvalue weighted by Gasteiger charge is 2.23. The van der Waals surface area contributed by atoms with E-state index < -0.39 is 10.7 Å². The van der Waals surface area contributed by atoms with E-state index in [1.807, 2.05) is 26.8 Å². The molecule has 0 aliphatic carbocycles. The zero-order valence-electron chi connectivity index (χ0n) is 10.5. The van der Waals surface area contributed by atoms with Crippen LogP contribution in [-0.4, -0.2) is 4.92 Å². The second kappa shape index (κ2) is 4.05. The molecule has 0 N–H and O–H groups in total. The van der Waals surface area contributed by atoms with Crippen molar-refractivity contribution in [1.82, 2.24) is 0 Å². The number of hydrogen-bond donors (Lipinski definition) is 0. The average molecular weight is 247 g/mol. The molecule has 94 valence electrons. The summed E-state index contributed by atoms with van der Waals surface area (Å²) < 4.78 is 13.4. The third-order valence-electron chi connectivity index (χ3n) is 2.93. The summed E-state index contributed by atoms with van der Waals surface area (Å²) in [6.45, 7) is 5.94. The Kier molecular flexibility index (Phi) is 2.81. The van der Waals surface area contributed by atoms with Crippen LogP contribution >= 0.6 is 0 Å². The number of halogens is 1. The van der Waals surface area contributed by atoms with Gasteiger partial charge in [0.1, 0.15) is 5.82 Å². The lowest BCUT2D eigenvalue weighted by atomic mass is 9.83. The minimum Gasteiger partial charge on any atom is -0.258 e. The monoisotopic (exact) mass is 247 g/mol. The molecule has 4 heteroatoms. The Morgan fingerprint density at radius 3 is 2.44 bits per heavy atom. The predicted molar refractivity (Wildman–Crippen MR) is 69.3 cm³/mol. The molecular formula is C14H14FNO2. The summed E-state index contributed by atoms with van der Waals surface area (Å²) in [5, 5.41) is 12.2. The van der Waals surface area contributed by atoms with Crippen LogP contribution in [0.3, 0.4) is 0 Å². The largest absolute Gasteiger partial charge is 0.280 e. The summed E-state index contributed by atoms with van der Waals surface area (Å²) >= 11 is 0. The van der Waals surface area contributed by atoms with Crippen LogP contribution in [0.5, 0.6) is 0 Å². The molecule has 0 bridgehead atoms. The number of nitrogens with zero attached hydrogens (tertiary/aromatic N) is 1. The topological polar surface area (TPSA) is 43.1 Å². The van der Waals surface area contributed by atoms with Gasteiger partial charge in [-0.3, -0.25) is 10.1 Å². The van der Waals surface area contributed by atoms with Crippen molar-refractivity contribution in [2.75, 3.05) is 0 Å². The van der Waals surface area contributed by atoms with Gasteiger partial charge in [0, 0.05) is 0 Å². The molecule has 0 heterocycles.